The summed E-state index contributed by atoms with van der Waals surface area (Å²) in [6, 6.07) is 0. The maximum absolute atomic E-state index is 12.2. The number of thiophene rings is 1. The average Bonchev–Trinajstić information content (AvgIpc) is 2.70. The summed E-state index contributed by atoms with van der Waals surface area (Å²) in [7, 11) is -1.71. The van der Waals surface area contributed by atoms with Crippen molar-refractivity contribution in [3.8, 4) is 0 Å². The van der Waals surface area contributed by atoms with Crippen molar-refractivity contribution >= 4 is 44.7 Å². The van der Waals surface area contributed by atoms with E-state index in [-0.39, 0.29) is 14.8 Å². The first-order valence-corrected chi connectivity index (χ1v) is 7.30. The highest BCUT2D eigenvalue weighted by Crippen LogP contribution is 2.42. The Morgan fingerprint density at radius 1 is 1.56 bits per heavy atom. The van der Waals surface area contributed by atoms with Gasteiger partial charge in [0.25, 0.3) is 10.0 Å². The van der Waals surface area contributed by atoms with Gasteiger partial charge in [-0.1, -0.05) is 11.6 Å². The Bertz CT molecular complexity index is 660. The van der Waals surface area contributed by atoms with E-state index >= 15 is 0 Å². The molecule has 0 aromatic carbocycles. The van der Waals surface area contributed by atoms with Crippen LogP contribution in [0.25, 0.3) is 5.76 Å². The van der Waals surface area contributed by atoms with Gasteiger partial charge in [-0.15, -0.1) is 11.3 Å². The second-order valence-electron chi connectivity index (χ2n) is 3.40. The van der Waals surface area contributed by atoms with Crippen LogP contribution in [-0.2, 0) is 19.6 Å². The lowest BCUT2D eigenvalue weighted by molar-refractivity contribution is -0.137. The summed E-state index contributed by atoms with van der Waals surface area (Å²) >= 11 is 6.73. The third kappa shape index (κ3) is 1.60. The van der Waals surface area contributed by atoms with E-state index in [0.29, 0.717) is 4.31 Å². The minimum atomic E-state index is -3.95. The third-order valence-corrected chi connectivity index (χ3v) is 5.95. The fraction of sp³-hybridized carbons (Fsp3) is 0.222. The topological polar surface area (TPSA) is 83.9 Å². The van der Waals surface area contributed by atoms with Crippen LogP contribution in [0.5, 0.6) is 0 Å². The normalized spacial score (nSPS) is 17.6. The van der Waals surface area contributed by atoms with Crippen LogP contribution in [0.15, 0.2) is 16.0 Å². The first-order valence-electron chi connectivity index (χ1n) is 4.60. The lowest BCUT2D eigenvalue weighted by atomic mass is 10.3. The largest absolute Gasteiger partial charge is 0.504 e. The number of aliphatic hydroxyl groups is 1. The molecule has 6 nitrogen and oxygen atoms in total. The Hall–Kier alpha value is -1.25. The van der Waals surface area contributed by atoms with Crippen molar-refractivity contribution in [3.63, 3.8) is 0 Å². The van der Waals surface area contributed by atoms with Crippen LogP contribution >= 0.6 is 22.9 Å². The number of hydrogen-bond acceptors (Lipinski definition) is 6. The Balaban J connectivity index is 2.82. The number of halogens is 1. The zero-order valence-corrected chi connectivity index (χ0v) is 11.7. The molecular weight excluding hydrogens is 302 g/mol. The van der Waals surface area contributed by atoms with E-state index in [4.69, 9.17) is 11.6 Å². The Kier molecular flexibility index (Phi) is 3.04. The molecule has 0 saturated carbocycles. The molecule has 0 spiro atoms. The third-order valence-electron chi connectivity index (χ3n) is 2.45. The standard InChI is InChI=1S/C9H8ClNO5S2/c1-11-5(9(13)16-2)6(12)7-8(18(11,14)15)4(10)3-17-7/h3,12H,1-2H3. The number of fused-ring (bicyclic) bond motifs is 1. The molecular formula is C9H8ClNO5S2. The van der Waals surface area contributed by atoms with E-state index in [0.717, 1.165) is 25.5 Å². The predicted octanol–water partition coefficient (Wildman–Crippen LogP) is 1.44. The highest BCUT2D eigenvalue weighted by atomic mass is 35.5. The van der Waals surface area contributed by atoms with Crippen LogP contribution in [0.2, 0.25) is 5.02 Å². The molecule has 0 fully saturated rings. The Morgan fingerprint density at radius 2 is 2.17 bits per heavy atom. The maximum Gasteiger partial charge on any atom is 0.359 e. The van der Waals surface area contributed by atoms with Gasteiger partial charge in [-0.3, -0.25) is 4.31 Å². The zero-order valence-electron chi connectivity index (χ0n) is 9.30. The van der Waals surface area contributed by atoms with Crippen LogP contribution in [0.1, 0.15) is 4.88 Å². The molecule has 0 unspecified atom stereocenters. The molecule has 0 radical (unpaired) electrons. The molecule has 0 aliphatic carbocycles. The van der Waals surface area contributed by atoms with Crippen molar-refractivity contribution in [2.24, 2.45) is 0 Å². The number of hydrogen-bond donors (Lipinski definition) is 1. The molecule has 0 bridgehead atoms. The van der Waals surface area contributed by atoms with E-state index in [1.165, 1.54) is 5.38 Å². The van der Waals surface area contributed by atoms with Crippen molar-refractivity contribution < 1.29 is 23.1 Å². The Morgan fingerprint density at radius 3 is 2.72 bits per heavy atom. The SMILES string of the molecule is COC(=O)C1=C(O)c2scc(Cl)c2S(=O)(=O)N1C. The van der Waals surface area contributed by atoms with Gasteiger partial charge in [-0.25, -0.2) is 13.2 Å². The number of aliphatic hydroxyl groups excluding tert-OH is 1. The van der Waals surface area contributed by atoms with Gasteiger partial charge in [0.2, 0.25) is 0 Å². The lowest BCUT2D eigenvalue weighted by Crippen LogP contribution is -2.35. The van der Waals surface area contributed by atoms with Gasteiger partial charge in [0, 0.05) is 12.4 Å². The molecule has 1 aromatic heterocycles. The summed E-state index contributed by atoms with van der Waals surface area (Å²) in [5.74, 6) is -1.39. The smallest absolute Gasteiger partial charge is 0.359 e. The number of esters is 1. The number of carbonyl (C=O) groups excluding carboxylic acids is 1. The summed E-state index contributed by atoms with van der Waals surface area (Å²) in [6.45, 7) is 0. The number of ether oxygens (including phenoxy) is 1. The molecule has 98 valence electrons. The molecule has 2 heterocycles. The molecule has 0 amide bonds. The summed E-state index contributed by atoms with van der Waals surface area (Å²) in [4.78, 5) is 11.4. The van der Waals surface area contributed by atoms with E-state index < -0.39 is 27.4 Å². The lowest BCUT2D eigenvalue weighted by Gasteiger charge is -2.25. The second kappa shape index (κ2) is 4.15. The number of nitrogens with zero attached hydrogens (tertiary/aromatic N) is 1. The number of methoxy groups -OCH3 is 1. The minimum Gasteiger partial charge on any atom is -0.504 e. The van der Waals surface area contributed by atoms with Crippen LogP contribution in [0.4, 0.5) is 0 Å². The first kappa shape index (κ1) is 13.2. The van der Waals surface area contributed by atoms with E-state index in [9.17, 15) is 18.3 Å². The molecule has 1 aromatic rings. The zero-order chi connectivity index (χ0) is 13.7. The highest BCUT2D eigenvalue weighted by Gasteiger charge is 2.41. The van der Waals surface area contributed by atoms with Crippen molar-refractivity contribution in [3.05, 3.63) is 21.0 Å². The van der Waals surface area contributed by atoms with Crippen molar-refractivity contribution in [1.29, 1.82) is 0 Å². The summed E-state index contributed by atoms with van der Waals surface area (Å²) in [5, 5.41) is 11.4. The van der Waals surface area contributed by atoms with Gasteiger partial charge >= 0.3 is 5.97 Å². The molecule has 1 aliphatic heterocycles. The molecule has 18 heavy (non-hydrogen) atoms. The van der Waals surface area contributed by atoms with E-state index in [1.54, 1.807) is 0 Å². The van der Waals surface area contributed by atoms with Gasteiger partial charge < -0.3 is 9.84 Å². The number of likely N-dealkylation sites (N-methyl/N-ethyl adjacent to an activating group) is 1. The van der Waals surface area contributed by atoms with Crippen molar-refractivity contribution in [2.45, 2.75) is 4.90 Å². The van der Waals surface area contributed by atoms with Crippen molar-refractivity contribution in [2.75, 3.05) is 14.2 Å². The molecule has 0 saturated heterocycles. The quantitative estimate of drug-likeness (QED) is 0.793. The first-order chi connectivity index (χ1) is 8.32. The van der Waals surface area contributed by atoms with Gasteiger partial charge in [0.05, 0.1) is 17.0 Å². The second-order valence-corrected chi connectivity index (χ2v) is 6.60. The highest BCUT2D eigenvalue weighted by molar-refractivity contribution is 7.89. The molecule has 1 N–H and O–H groups in total. The fourth-order valence-corrected chi connectivity index (χ4v) is 4.75. The van der Waals surface area contributed by atoms with Crippen LogP contribution < -0.4 is 0 Å². The molecule has 1 aliphatic rings. The number of sulfonamides is 1. The van der Waals surface area contributed by atoms with Gasteiger partial charge in [0.1, 0.15) is 4.90 Å². The Labute approximate surface area is 112 Å². The number of rotatable bonds is 1. The maximum atomic E-state index is 12.2. The average molecular weight is 310 g/mol. The molecule has 9 heteroatoms. The minimum absolute atomic E-state index is 0.0114. The van der Waals surface area contributed by atoms with Gasteiger partial charge in [0.15, 0.2) is 11.5 Å². The monoisotopic (exact) mass is 309 g/mol. The fourth-order valence-electron chi connectivity index (χ4n) is 1.57. The molecule has 0 atom stereocenters. The number of carbonyl (C=O) groups is 1. The van der Waals surface area contributed by atoms with Gasteiger partial charge in [-0.05, 0) is 0 Å². The van der Waals surface area contributed by atoms with Crippen LogP contribution in [-0.4, -0.2) is 38.0 Å². The summed E-state index contributed by atoms with van der Waals surface area (Å²) in [5.41, 5.74) is -0.427. The van der Waals surface area contributed by atoms with Gasteiger partial charge in [-0.2, -0.15) is 0 Å². The molecule has 2 rings (SSSR count). The van der Waals surface area contributed by atoms with Crippen LogP contribution in [0, 0.1) is 0 Å². The summed E-state index contributed by atoms with van der Waals surface area (Å²) < 4.78 is 29.4. The van der Waals surface area contributed by atoms with Crippen LogP contribution in [0.3, 0.4) is 0 Å². The van der Waals surface area contributed by atoms with E-state index in [2.05, 4.69) is 4.74 Å². The summed E-state index contributed by atoms with van der Waals surface area (Å²) in [6.07, 6.45) is 0. The van der Waals surface area contributed by atoms with Crippen molar-refractivity contribution in [1.82, 2.24) is 4.31 Å². The predicted molar refractivity (Wildman–Crippen MR) is 65.8 cm³/mol. The van der Waals surface area contributed by atoms with E-state index in [1.807, 2.05) is 0 Å².